The maximum absolute atomic E-state index is 10.9. The zero-order chi connectivity index (χ0) is 16.5. The van der Waals surface area contributed by atoms with Gasteiger partial charge in [0.05, 0.1) is 16.8 Å². The van der Waals surface area contributed by atoms with Crippen molar-refractivity contribution in [1.29, 1.82) is 0 Å². The average molecular weight is 303 g/mol. The van der Waals surface area contributed by atoms with Gasteiger partial charge >= 0.3 is 7.12 Å². The van der Waals surface area contributed by atoms with Gasteiger partial charge in [-0.25, -0.2) is 0 Å². The van der Waals surface area contributed by atoms with Gasteiger partial charge in [0.2, 0.25) is 0 Å². The van der Waals surface area contributed by atoms with E-state index in [-0.39, 0.29) is 17.9 Å². The minimum Gasteiger partial charge on any atom is -0.507 e. The number of carbonyl (C=O) groups excluding carboxylic acids is 1. The van der Waals surface area contributed by atoms with Crippen LogP contribution < -0.4 is 5.73 Å². The normalized spacial score (nSPS) is 20.2. The Bertz CT molecular complexity index is 594. The molecular weight excluding hydrogens is 281 g/mol. The summed E-state index contributed by atoms with van der Waals surface area (Å²) in [6.45, 7) is 8.19. The summed E-state index contributed by atoms with van der Waals surface area (Å²) in [5.41, 5.74) is 6.73. The number of hydrogen-bond acceptors (Lipinski definition) is 5. The van der Waals surface area contributed by atoms with E-state index >= 15 is 0 Å². The number of carbonyl (C=O) groups is 1. The quantitative estimate of drug-likeness (QED) is 0.658. The number of rotatable bonds is 4. The SMILES string of the molecule is CC1(C)OB(C(=Cc2ccc(O)c(C=O)c2)CN)OC1(C)C. The molecule has 1 aromatic rings. The standard InChI is InChI=1S/C16H22BNO4/c1-15(2)16(3,4)22-17(21-15)13(9-18)8-11-5-6-14(20)12(7-11)10-19/h5-8,10,20H,9,18H2,1-4H3. The molecule has 1 heterocycles. The van der Waals surface area contributed by atoms with Gasteiger partial charge in [-0.15, -0.1) is 0 Å². The van der Waals surface area contributed by atoms with Crippen LogP contribution >= 0.6 is 0 Å². The van der Waals surface area contributed by atoms with E-state index in [1.54, 1.807) is 12.1 Å². The third-order valence-electron chi connectivity index (χ3n) is 4.32. The number of phenols is 1. The second kappa shape index (κ2) is 5.87. The van der Waals surface area contributed by atoms with E-state index in [1.165, 1.54) is 6.07 Å². The number of phenolic OH excluding ortho intramolecular Hbond substituents is 1. The molecule has 1 aliphatic heterocycles. The molecule has 0 bridgehead atoms. The van der Waals surface area contributed by atoms with Crippen molar-refractivity contribution in [1.82, 2.24) is 0 Å². The maximum Gasteiger partial charge on any atom is 0.491 e. The lowest BCUT2D eigenvalue weighted by Gasteiger charge is -2.32. The van der Waals surface area contributed by atoms with Crippen LogP contribution in [-0.4, -0.2) is 36.3 Å². The fourth-order valence-electron chi connectivity index (χ4n) is 2.19. The van der Waals surface area contributed by atoms with E-state index in [0.29, 0.717) is 6.29 Å². The first-order chi connectivity index (χ1) is 10.2. The number of aromatic hydroxyl groups is 1. The van der Waals surface area contributed by atoms with E-state index in [1.807, 2.05) is 33.8 Å². The monoisotopic (exact) mass is 303 g/mol. The fraction of sp³-hybridized carbons (Fsp3) is 0.438. The molecule has 1 saturated heterocycles. The van der Waals surface area contributed by atoms with Crippen LogP contribution in [0.5, 0.6) is 5.75 Å². The summed E-state index contributed by atoms with van der Waals surface area (Å²) >= 11 is 0. The minimum atomic E-state index is -0.525. The molecule has 0 atom stereocenters. The molecule has 2 rings (SSSR count). The van der Waals surface area contributed by atoms with Gasteiger partial charge in [-0.05, 0) is 50.9 Å². The lowest BCUT2D eigenvalue weighted by molar-refractivity contribution is 0.00578. The fourth-order valence-corrected chi connectivity index (χ4v) is 2.19. The molecule has 1 aliphatic rings. The van der Waals surface area contributed by atoms with Crippen molar-refractivity contribution in [2.45, 2.75) is 38.9 Å². The third-order valence-corrected chi connectivity index (χ3v) is 4.32. The lowest BCUT2D eigenvalue weighted by atomic mass is 9.77. The second-order valence-electron chi connectivity index (χ2n) is 6.45. The van der Waals surface area contributed by atoms with Gasteiger partial charge in [-0.3, -0.25) is 4.79 Å². The largest absolute Gasteiger partial charge is 0.507 e. The van der Waals surface area contributed by atoms with Crippen LogP contribution in [0.25, 0.3) is 6.08 Å². The molecule has 118 valence electrons. The van der Waals surface area contributed by atoms with E-state index < -0.39 is 18.3 Å². The first-order valence-corrected chi connectivity index (χ1v) is 7.24. The molecule has 1 aromatic carbocycles. The molecule has 22 heavy (non-hydrogen) atoms. The van der Waals surface area contributed by atoms with Gasteiger partial charge in [-0.2, -0.15) is 0 Å². The maximum atomic E-state index is 10.9. The van der Waals surface area contributed by atoms with Crippen LogP contribution in [-0.2, 0) is 9.31 Å². The Hall–Kier alpha value is -1.63. The van der Waals surface area contributed by atoms with Crippen LogP contribution in [0.3, 0.4) is 0 Å². The summed E-state index contributed by atoms with van der Waals surface area (Å²) in [6, 6.07) is 4.79. The van der Waals surface area contributed by atoms with E-state index in [4.69, 9.17) is 15.0 Å². The third kappa shape index (κ3) is 3.09. The highest BCUT2D eigenvalue weighted by atomic mass is 16.7. The molecule has 1 fully saturated rings. The predicted molar refractivity (Wildman–Crippen MR) is 86.6 cm³/mol. The molecule has 5 nitrogen and oxygen atoms in total. The van der Waals surface area contributed by atoms with Crippen molar-refractivity contribution in [3.8, 4) is 5.75 Å². The number of hydrogen-bond donors (Lipinski definition) is 2. The number of aldehydes is 1. The molecule has 0 radical (unpaired) electrons. The Morgan fingerprint density at radius 1 is 1.27 bits per heavy atom. The summed E-state index contributed by atoms with van der Waals surface area (Å²) < 4.78 is 12.0. The highest BCUT2D eigenvalue weighted by Gasteiger charge is 2.52. The average Bonchev–Trinajstić information content (AvgIpc) is 2.66. The van der Waals surface area contributed by atoms with Crippen LogP contribution in [0.4, 0.5) is 0 Å². The highest BCUT2D eigenvalue weighted by molar-refractivity contribution is 6.55. The Labute approximate surface area is 131 Å². The Morgan fingerprint density at radius 3 is 2.36 bits per heavy atom. The molecule has 0 unspecified atom stereocenters. The van der Waals surface area contributed by atoms with Gasteiger partial charge in [-0.1, -0.05) is 12.1 Å². The topological polar surface area (TPSA) is 81.8 Å². The van der Waals surface area contributed by atoms with Crippen LogP contribution in [0.2, 0.25) is 0 Å². The van der Waals surface area contributed by atoms with Gasteiger partial charge < -0.3 is 20.1 Å². The summed E-state index contributed by atoms with van der Waals surface area (Å²) in [7, 11) is -0.525. The molecule has 0 saturated carbocycles. The second-order valence-corrected chi connectivity index (χ2v) is 6.45. The van der Waals surface area contributed by atoms with Crippen LogP contribution in [0, 0.1) is 0 Å². The summed E-state index contributed by atoms with van der Waals surface area (Å²) in [5.74, 6) is -0.0444. The van der Waals surface area contributed by atoms with Gasteiger partial charge in [0, 0.05) is 6.54 Å². The minimum absolute atomic E-state index is 0.0444. The smallest absolute Gasteiger partial charge is 0.491 e. The van der Waals surface area contributed by atoms with Crippen molar-refractivity contribution >= 4 is 19.5 Å². The van der Waals surface area contributed by atoms with Crippen molar-refractivity contribution in [2.75, 3.05) is 6.54 Å². The summed E-state index contributed by atoms with van der Waals surface area (Å²) in [4.78, 5) is 10.9. The molecule has 0 aliphatic carbocycles. The molecule has 0 aromatic heterocycles. The lowest BCUT2D eigenvalue weighted by Crippen LogP contribution is -2.41. The molecule has 6 heteroatoms. The molecule has 0 spiro atoms. The molecule has 0 amide bonds. The summed E-state index contributed by atoms with van der Waals surface area (Å²) in [5, 5.41) is 9.55. The highest BCUT2D eigenvalue weighted by Crippen LogP contribution is 2.38. The Kier molecular flexibility index (Phi) is 4.47. The van der Waals surface area contributed by atoms with Crippen molar-refractivity contribution < 1.29 is 19.2 Å². The zero-order valence-corrected chi connectivity index (χ0v) is 13.4. The van der Waals surface area contributed by atoms with E-state index in [9.17, 15) is 9.90 Å². The van der Waals surface area contributed by atoms with Gasteiger partial charge in [0.25, 0.3) is 0 Å². The van der Waals surface area contributed by atoms with Crippen molar-refractivity contribution in [3.05, 3.63) is 34.8 Å². The molecule has 3 N–H and O–H groups in total. The number of benzene rings is 1. The Balaban J connectivity index is 2.31. The van der Waals surface area contributed by atoms with Crippen LogP contribution in [0.1, 0.15) is 43.6 Å². The first-order valence-electron chi connectivity index (χ1n) is 7.24. The van der Waals surface area contributed by atoms with Gasteiger partial charge in [0.1, 0.15) is 5.75 Å². The van der Waals surface area contributed by atoms with E-state index in [2.05, 4.69) is 0 Å². The Morgan fingerprint density at radius 2 is 1.86 bits per heavy atom. The molecular formula is C16H22BNO4. The van der Waals surface area contributed by atoms with Gasteiger partial charge in [0.15, 0.2) is 6.29 Å². The van der Waals surface area contributed by atoms with Crippen molar-refractivity contribution in [2.24, 2.45) is 5.73 Å². The summed E-state index contributed by atoms with van der Waals surface area (Å²) in [6.07, 6.45) is 2.44. The first kappa shape index (κ1) is 16.7. The van der Waals surface area contributed by atoms with Crippen LogP contribution in [0.15, 0.2) is 23.7 Å². The predicted octanol–water partition coefficient (Wildman–Crippen LogP) is 2.18. The van der Waals surface area contributed by atoms with Crippen molar-refractivity contribution in [3.63, 3.8) is 0 Å². The number of nitrogens with two attached hydrogens (primary N) is 1. The van der Waals surface area contributed by atoms with E-state index in [0.717, 1.165) is 11.0 Å². The zero-order valence-electron chi connectivity index (χ0n) is 13.4.